The second-order valence-electron chi connectivity index (χ2n) is 3.77. The van der Waals surface area contributed by atoms with Crippen molar-refractivity contribution in [2.24, 2.45) is 5.92 Å². The van der Waals surface area contributed by atoms with Crippen LogP contribution in [0.3, 0.4) is 0 Å². The zero-order chi connectivity index (χ0) is 10.1. The second kappa shape index (κ2) is 3.56. The van der Waals surface area contributed by atoms with Gasteiger partial charge in [-0.25, -0.2) is 8.78 Å². The first-order valence-corrected chi connectivity index (χ1v) is 4.92. The van der Waals surface area contributed by atoms with Crippen LogP contribution in [0.25, 0.3) is 0 Å². The van der Waals surface area contributed by atoms with Crippen molar-refractivity contribution < 1.29 is 8.78 Å². The van der Waals surface area contributed by atoms with Crippen molar-refractivity contribution in [2.45, 2.75) is 19.8 Å². The third-order valence-corrected chi connectivity index (χ3v) is 2.81. The molecule has 2 rings (SSSR count). The van der Waals surface area contributed by atoms with E-state index in [1.54, 1.807) is 0 Å². The Morgan fingerprint density at radius 1 is 1.43 bits per heavy atom. The fraction of sp³-hybridized carbons (Fsp3) is 0.455. The highest BCUT2D eigenvalue weighted by Gasteiger charge is 2.20. The highest BCUT2D eigenvalue weighted by molar-refractivity contribution is 5.54. The summed E-state index contributed by atoms with van der Waals surface area (Å²) in [6, 6.07) is 2.32. The van der Waals surface area contributed by atoms with Gasteiger partial charge in [-0.15, -0.1) is 0 Å². The number of hydrogen-bond donors (Lipinski definition) is 1. The van der Waals surface area contributed by atoms with Crippen molar-refractivity contribution in [3.05, 3.63) is 29.3 Å². The summed E-state index contributed by atoms with van der Waals surface area (Å²) in [5.74, 6) is -0.475. The van der Waals surface area contributed by atoms with Gasteiger partial charge in [0.2, 0.25) is 0 Å². The Kier molecular flexibility index (Phi) is 2.40. The largest absolute Gasteiger partial charge is 0.384 e. The summed E-state index contributed by atoms with van der Waals surface area (Å²) < 4.78 is 26.2. The van der Waals surface area contributed by atoms with Crippen LogP contribution in [0.5, 0.6) is 0 Å². The molecule has 1 aromatic rings. The molecule has 0 saturated carbocycles. The lowest BCUT2D eigenvalue weighted by Gasteiger charge is -2.25. The third kappa shape index (κ3) is 1.59. The molecule has 1 heterocycles. The first-order chi connectivity index (χ1) is 6.70. The highest BCUT2D eigenvalue weighted by Crippen LogP contribution is 2.29. The lowest BCUT2D eigenvalue weighted by Crippen LogP contribution is -2.23. The van der Waals surface area contributed by atoms with Gasteiger partial charge in [0.1, 0.15) is 11.6 Å². The van der Waals surface area contributed by atoms with Gasteiger partial charge in [-0.1, -0.05) is 13.3 Å². The SMILES string of the molecule is CCC1CNc2cc(F)cc(F)c2C1. The molecular weight excluding hydrogens is 184 g/mol. The molecule has 76 valence electrons. The minimum atomic E-state index is -0.510. The molecule has 0 radical (unpaired) electrons. The zero-order valence-electron chi connectivity index (χ0n) is 8.11. The Balaban J connectivity index is 2.37. The molecule has 1 aliphatic rings. The normalized spacial score (nSPS) is 20.1. The molecule has 0 spiro atoms. The Bertz CT molecular complexity index is 349. The van der Waals surface area contributed by atoms with Gasteiger partial charge in [0.05, 0.1) is 0 Å². The van der Waals surface area contributed by atoms with Gasteiger partial charge in [-0.05, 0) is 18.4 Å². The molecule has 1 atom stereocenters. The molecular formula is C11H13F2N. The fourth-order valence-corrected chi connectivity index (χ4v) is 1.87. The zero-order valence-corrected chi connectivity index (χ0v) is 8.11. The number of halogens is 2. The van der Waals surface area contributed by atoms with Crippen LogP contribution >= 0.6 is 0 Å². The molecule has 0 fully saturated rings. The molecule has 1 N–H and O–H groups in total. The van der Waals surface area contributed by atoms with Crippen molar-refractivity contribution in [1.82, 2.24) is 0 Å². The maximum atomic E-state index is 13.4. The number of benzene rings is 1. The molecule has 0 bridgehead atoms. The molecule has 1 unspecified atom stereocenters. The Hall–Kier alpha value is -1.12. The van der Waals surface area contributed by atoms with Crippen LogP contribution in [0.4, 0.5) is 14.5 Å². The lowest BCUT2D eigenvalue weighted by molar-refractivity contribution is 0.492. The Labute approximate surface area is 82.1 Å². The summed E-state index contributed by atoms with van der Waals surface area (Å²) in [4.78, 5) is 0. The van der Waals surface area contributed by atoms with Gasteiger partial charge in [-0.2, -0.15) is 0 Å². The number of hydrogen-bond acceptors (Lipinski definition) is 1. The minimum Gasteiger partial charge on any atom is -0.384 e. The van der Waals surface area contributed by atoms with Crippen LogP contribution in [0.1, 0.15) is 18.9 Å². The predicted molar refractivity (Wildman–Crippen MR) is 52.3 cm³/mol. The van der Waals surface area contributed by atoms with Crippen LogP contribution in [0, 0.1) is 17.6 Å². The first kappa shape index (κ1) is 9.44. The predicted octanol–water partition coefficient (Wildman–Crippen LogP) is 2.96. The molecule has 0 aliphatic carbocycles. The van der Waals surface area contributed by atoms with Crippen LogP contribution in [0.15, 0.2) is 12.1 Å². The van der Waals surface area contributed by atoms with Crippen LogP contribution in [-0.4, -0.2) is 6.54 Å². The maximum Gasteiger partial charge on any atom is 0.131 e. The van der Waals surface area contributed by atoms with E-state index in [0.717, 1.165) is 19.0 Å². The highest BCUT2D eigenvalue weighted by atomic mass is 19.1. The average Bonchev–Trinajstić information content (AvgIpc) is 2.17. The molecule has 1 nitrogen and oxygen atoms in total. The summed E-state index contributed by atoms with van der Waals surface area (Å²) in [5.41, 5.74) is 1.25. The smallest absolute Gasteiger partial charge is 0.131 e. The van der Waals surface area contributed by atoms with Crippen LogP contribution < -0.4 is 5.32 Å². The van der Waals surface area contributed by atoms with Crippen molar-refractivity contribution >= 4 is 5.69 Å². The Morgan fingerprint density at radius 2 is 2.21 bits per heavy atom. The molecule has 0 amide bonds. The topological polar surface area (TPSA) is 12.0 Å². The van der Waals surface area contributed by atoms with Crippen molar-refractivity contribution in [3.8, 4) is 0 Å². The molecule has 1 aliphatic heterocycles. The van der Waals surface area contributed by atoms with Gasteiger partial charge in [0.15, 0.2) is 0 Å². The molecule has 3 heteroatoms. The van der Waals surface area contributed by atoms with Gasteiger partial charge >= 0.3 is 0 Å². The summed E-state index contributed by atoms with van der Waals surface area (Å²) >= 11 is 0. The van der Waals surface area contributed by atoms with Crippen molar-refractivity contribution in [1.29, 1.82) is 0 Å². The maximum absolute atomic E-state index is 13.4. The third-order valence-electron chi connectivity index (χ3n) is 2.81. The van der Waals surface area contributed by atoms with Gasteiger partial charge in [0.25, 0.3) is 0 Å². The number of nitrogens with one attached hydrogen (secondary N) is 1. The van der Waals surface area contributed by atoms with E-state index in [0.29, 0.717) is 23.6 Å². The fourth-order valence-electron chi connectivity index (χ4n) is 1.87. The standard InChI is InChI=1S/C11H13F2N/c1-2-7-3-9-10(13)4-8(12)5-11(9)14-6-7/h4-5,7,14H,2-3,6H2,1H3. The molecule has 0 saturated heterocycles. The lowest BCUT2D eigenvalue weighted by atomic mass is 9.92. The molecule has 1 aromatic carbocycles. The van der Waals surface area contributed by atoms with Crippen molar-refractivity contribution in [2.75, 3.05) is 11.9 Å². The van der Waals surface area contributed by atoms with Gasteiger partial charge in [-0.3, -0.25) is 0 Å². The van der Waals surface area contributed by atoms with E-state index in [1.165, 1.54) is 6.07 Å². The molecule has 14 heavy (non-hydrogen) atoms. The van der Waals surface area contributed by atoms with E-state index < -0.39 is 11.6 Å². The summed E-state index contributed by atoms with van der Waals surface area (Å²) in [5, 5.41) is 3.07. The van der Waals surface area contributed by atoms with E-state index >= 15 is 0 Å². The molecule has 0 aromatic heterocycles. The van der Waals surface area contributed by atoms with Crippen LogP contribution in [-0.2, 0) is 6.42 Å². The van der Waals surface area contributed by atoms with E-state index in [2.05, 4.69) is 12.2 Å². The quantitative estimate of drug-likeness (QED) is 0.729. The van der Waals surface area contributed by atoms with E-state index in [1.807, 2.05) is 0 Å². The summed E-state index contributed by atoms with van der Waals surface area (Å²) in [6.45, 7) is 2.89. The summed E-state index contributed by atoms with van der Waals surface area (Å²) in [6.07, 6.45) is 1.73. The van der Waals surface area contributed by atoms with Crippen LogP contribution in [0.2, 0.25) is 0 Å². The van der Waals surface area contributed by atoms with E-state index in [4.69, 9.17) is 0 Å². The number of anilines is 1. The monoisotopic (exact) mass is 197 g/mol. The number of rotatable bonds is 1. The summed E-state index contributed by atoms with van der Waals surface area (Å²) in [7, 11) is 0. The Morgan fingerprint density at radius 3 is 2.93 bits per heavy atom. The van der Waals surface area contributed by atoms with E-state index in [-0.39, 0.29) is 0 Å². The van der Waals surface area contributed by atoms with Crippen molar-refractivity contribution in [3.63, 3.8) is 0 Å². The number of fused-ring (bicyclic) bond motifs is 1. The van der Waals surface area contributed by atoms with E-state index in [9.17, 15) is 8.78 Å². The minimum absolute atomic E-state index is 0.425. The second-order valence-corrected chi connectivity index (χ2v) is 3.77. The first-order valence-electron chi connectivity index (χ1n) is 4.92. The van der Waals surface area contributed by atoms with Gasteiger partial charge in [0, 0.05) is 23.9 Å². The average molecular weight is 197 g/mol. The van der Waals surface area contributed by atoms with Gasteiger partial charge < -0.3 is 5.32 Å².